The summed E-state index contributed by atoms with van der Waals surface area (Å²) in [5.41, 5.74) is 3.10. The second kappa shape index (κ2) is 7.63. The van der Waals surface area contributed by atoms with Gasteiger partial charge in [0.25, 0.3) is 5.89 Å². The van der Waals surface area contributed by atoms with Gasteiger partial charge in [0.15, 0.2) is 11.0 Å². The minimum Gasteiger partial charge on any atom is -0.466 e. The van der Waals surface area contributed by atoms with E-state index in [1.54, 1.807) is 0 Å². The molecule has 0 saturated carbocycles. The molecule has 3 aromatic heterocycles. The topological polar surface area (TPSA) is 82.8 Å². The van der Waals surface area contributed by atoms with E-state index in [4.69, 9.17) is 8.83 Å². The summed E-state index contributed by atoms with van der Waals surface area (Å²) in [6, 6.07) is 10.1. The van der Waals surface area contributed by atoms with Crippen LogP contribution in [-0.2, 0) is 12.3 Å². The molecule has 8 heteroatoms. The van der Waals surface area contributed by atoms with E-state index >= 15 is 0 Å². The first-order chi connectivity index (χ1) is 13.6. The van der Waals surface area contributed by atoms with Crippen LogP contribution in [0.2, 0.25) is 0 Å². The highest BCUT2D eigenvalue weighted by atomic mass is 32.2. The molecule has 0 aliphatic heterocycles. The van der Waals surface area contributed by atoms with E-state index in [0.29, 0.717) is 17.5 Å². The zero-order chi connectivity index (χ0) is 19.7. The molecule has 0 atom stereocenters. The van der Waals surface area contributed by atoms with Crippen molar-refractivity contribution in [2.75, 3.05) is 0 Å². The van der Waals surface area contributed by atoms with Gasteiger partial charge in [0.1, 0.15) is 11.5 Å². The third kappa shape index (κ3) is 3.47. The van der Waals surface area contributed by atoms with E-state index in [0.717, 1.165) is 40.2 Å². The molecule has 0 unspecified atom stereocenters. The number of aryl methyl sites for hydroxylation is 3. The van der Waals surface area contributed by atoms with Crippen molar-refractivity contribution < 1.29 is 8.83 Å². The summed E-state index contributed by atoms with van der Waals surface area (Å²) in [7, 11) is 0. The molecule has 0 aliphatic carbocycles. The van der Waals surface area contributed by atoms with E-state index in [9.17, 15) is 0 Å². The van der Waals surface area contributed by atoms with Crippen LogP contribution in [0.25, 0.3) is 22.8 Å². The second-order valence-electron chi connectivity index (χ2n) is 6.48. The normalized spacial score (nSPS) is 11.3. The lowest BCUT2D eigenvalue weighted by Gasteiger charge is -2.08. The molecule has 0 radical (unpaired) electrons. The maximum Gasteiger partial charge on any atom is 0.251 e. The number of furan rings is 1. The van der Waals surface area contributed by atoms with E-state index in [-0.39, 0.29) is 0 Å². The Morgan fingerprint density at radius 3 is 2.50 bits per heavy atom. The number of thioether (sulfide) groups is 1. The molecular formula is C20H21N5O2S. The van der Waals surface area contributed by atoms with Gasteiger partial charge in [0.05, 0.1) is 11.3 Å². The van der Waals surface area contributed by atoms with Gasteiger partial charge in [-0.2, -0.15) is 0 Å². The van der Waals surface area contributed by atoms with Crippen LogP contribution in [0.15, 0.2) is 44.3 Å². The molecule has 0 fully saturated rings. The van der Waals surface area contributed by atoms with Crippen LogP contribution in [0.4, 0.5) is 0 Å². The van der Waals surface area contributed by atoms with Crippen LogP contribution < -0.4 is 0 Å². The van der Waals surface area contributed by atoms with Crippen molar-refractivity contribution in [3.05, 3.63) is 53.3 Å². The van der Waals surface area contributed by atoms with E-state index in [1.807, 2.05) is 32.0 Å². The zero-order valence-electron chi connectivity index (χ0n) is 16.3. The summed E-state index contributed by atoms with van der Waals surface area (Å²) in [5, 5.41) is 17.9. The second-order valence-corrected chi connectivity index (χ2v) is 7.42. The molecule has 7 nitrogen and oxygen atoms in total. The fraction of sp³-hybridized carbons (Fsp3) is 0.300. The van der Waals surface area contributed by atoms with Gasteiger partial charge in [-0.3, -0.25) is 0 Å². The van der Waals surface area contributed by atoms with Crippen molar-refractivity contribution in [2.45, 2.75) is 45.1 Å². The molecule has 144 valence electrons. The third-order valence-electron chi connectivity index (χ3n) is 4.48. The van der Waals surface area contributed by atoms with E-state index in [1.165, 1.54) is 17.3 Å². The summed E-state index contributed by atoms with van der Waals surface area (Å²) in [6.45, 7) is 8.73. The Hall–Kier alpha value is -2.87. The highest BCUT2D eigenvalue weighted by molar-refractivity contribution is 7.98. The Labute approximate surface area is 167 Å². The molecular weight excluding hydrogens is 374 g/mol. The molecule has 3 heterocycles. The predicted octanol–water partition coefficient (Wildman–Crippen LogP) is 4.83. The smallest absolute Gasteiger partial charge is 0.251 e. The van der Waals surface area contributed by atoms with Gasteiger partial charge >= 0.3 is 0 Å². The van der Waals surface area contributed by atoms with Crippen molar-refractivity contribution in [3.8, 4) is 22.8 Å². The first kappa shape index (κ1) is 18.5. The summed E-state index contributed by atoms with van der Waals surface area (Å²) in [6.07, 6.45) is 0. The van der Waals surface area contributed by atoms with Crippen LogP contribution in [0, 0.1) is 20.8 Å². The monoisotopic (exact) mass is 395 g/mol. The van der Waals surface area contributed by atoms with Crippen LogP contribution in [0.5, 0.6) is 0 Å². The number of aromatic nitrogens is 5. The summed E-state index contributed by atoms with van der Waals surface area (Å²) >= 11 is 1.53. The van der Waals surface area contributed by atoms with Gasteiger partial charge in [-0.1, -0.05) is 36.0 Å². The summed E-state index contributed by atoms with van der Waals surface area (Å²) in [5.74, 6) is 4.01. The number of hydrogen-bond donors (Lipinski definition) is 0. The Morgan fingerprint density at radius 2 is 1.79 bits per heavy atom. The third-order valence-corrected chi connectivity index (χ3v) is 5.43. The van der Waals surface area contributed by atoms with Crippen LogP contribution >= 0.6 is 11.8 Å². The molecule has 0 aliphatic rings. The average Bonchev–Trinajstić information content (AvgIpc) is 3.38. The Morgan fingerprint density at radius 1 is 0.964 bits per heavy atom. The summed E-state index contributed by atoms with van der Waals surface area (Å²) in [4.78, 5) is 0. The molecule has 0 saturated heterocycles. The zero-order valence-corrected chi connectivity index (χ0v) is 17.1. The first-order valence-electron chi connectivity index (χ1n) is 9.08. The highest BCUT2D eigenvalue weighted by Gasteiger charge is 2.18. The molecule has 4 rings (SSSR count). The predicted molar refractivity (Wildman–Crippen MR) is 107 cm³/mol. The minimum absolute atomic E-state index is 0.475. The van der Waals surface area contributed by atoms with Crippen molar-refractivity contribution >= 4 is 11.8 Å². The lowest BCUT2D eigenvalue weighted by Crippen LogP contribution is -2.00. The number of benzene rings is 1. The fourth-order valence-corrected chi connectivity index (χ4v) is 3.93. The molecule has 4 aromatic rings. The summed E-state index contributed by atoms with van der Waals surface area (Å²) < 4.78 is 13.5. The highest BCUT2D eigenvalue weighted by Crippen LogP contribution is 2.29. The van der Waals surface area contributed by atoms with Crippen molar-refractivity contribution in [3.63, 3.8) is 0 Å². The van der Waals surface area contributed by atoms with Gasteiger partial charge in [0, 0.05) is 12.1 Å². The lowest BCUT2D eigenvalue weighted by atomic mass is 10.1. The molecule has 28 heavy (non-hydrogen) atoms. The van der Waals surface area contributed by atoms with Gasteiger partial charge in [-0.15, -0.1) is 20.4 Å². The first-order valence-corrected chi connectivity index (χ1v) is 10.1. The Bertz CT molecular complexity index is 1110. The fourth-order valence-electron chi connectivity index (χ4n) is 3.09. The van der Waals surface area contributed by atoms with Crippen LogP contribution in [0.1, 0.15) is 29.9 Å². The van der Waals surface area contributed by atoms with Gasteiger partial charge < -0.3 is 13.4 Å². The van der Waals surface area contributed by atoms with Gasteiger partial charge in [-0.05, 0) is 39.3 Å². The van der Waals surface area contributed by atoms with Crippen molar-refractivity contribution in [2.24, 2.45) is 0 Å². The minimum atomic E-state index is 0.475. The Kier molecular flexibility index (Phi) is 5.04. The maximum atomic E-state index is 5.81. The van der Waals surface area contributed by atoms with E-state index < -0.39 is 0 Å². The van der Waals surface area contributed by atoms with Gasteiger partial charge in [-0.25, -0.2) is 0 Å². The average molecular weight is 395 g/mol. The largest absolute Gasteiger partial charge is 0.466 e. The van der Waals surface area contributed by atoms with Crippen molar-refractivity contribution in [1.82, 2.24) is 25.0 Å². The number of rotatable bonds is 6. The van der Waals surface area contributed by atoms with Crippen molar-refractivity contribution in [1.29, 1.82) is 0 Å². The van der Waals surface area contributed by atoms with Crippen LogP contribution in [-0.4, -0.2) is 25.0 Å². The lowest BCUT2D eigenvalue weighted by molar-refractivity contribution is 0.499. The standard InChI is InChI=1S/C20H21N5O2S/c1-5-25-18(15-9-7-6-8-12(15)2)22-24-20(25)28-11-17-21-23-19(27-17)16-10-13(3)26-14(16)4/h6-10H,5,11H2,1-4H3. The number of hydrogen-bond acceptors (Lipinski definition) is 7. The maximum absolute atomic E-state index is 5.81. The molecule has 0 bridgehead atoms. The molecule has 0 amide bonds. The number of nitrogens with zero attached hydrogens (tertiary/aromatic N) is 5. The van der Waals surface area contributed by atoms with Crippen LogP contribution in [0.3, 0.4) is 0 Å². The molecule has 0 spiro atoms. The molecule has 0 N–H and O–H groups in total. The molecule has 1 aromatic carbocycles. The Balaban J connectivity index is 1.53. The SMILES string of the molecule is CCn1c(SCc2nnc(-c3cc(C)oc3C)o2)nnc1-c1ccccc1C. The van der Waals surface area contributed by atoms with E-state index in [2.05, 4.69) is 50.9 Å². The quantitative estimate of drug-likeness (QED) is 0.433. The van der Waals surface area contributed by atoms with Gasteiger partial charge in [0.2, 0.25) is 5.89 Å².